The van der Waals surface area contributed by atoms with Crippen LogP contribution in [0.4, 0.5) is 0 Å². The van der Waals surface area contributed by atoms with Crippen LogP contribution in [0.3, 0.4) is 0 Å². The third-order valence-electron chi connectivity index (χ3n) is 5.77. The molecule has 3 heteroatoms. The molecule has 2 saturated heterocycles. The molecule has 2 aliphatic heterocycles. The molecule has 0 aromatic heterocycles. The van der Waals surface area contributed by atoms with E-state index < -0.39 is 0 Å². The lowest BCUT2D eigenvalue weighted by Gasteiger charge is -2.56. The maximum atomic E-state index is 6.42. The van der Waals surface area contributed by atoms with Crippen molar-refractivity contribution in [3.8, 4) is 0 Å². The Morgan fingerprint density at radius 3 is 2.45 bits per heavy atom. The topological polar surface area (TPSA) is 12.5 Å². The molecule has 4 unspecified atom stereocenters. The number of nitrogens with zero attached hydrogens (tertiary/aromatic N) is 1. The van der Waals surface area contributed by atoms with Gasteiger partial charge in [0.05, 0.1) is 26.6 Å². The zero-order valence-corrected chi connectivity index (χ0v) is 14.1. The average molecular weight is 277 g/mol. The Labute approximate surface area is 127 Å². The number of ether oxygens (including phenoxy) is 1. The SMILES string of the molecule is CC.[B]C1(C)CCC2C(CC(C)CN(C)C23COC3)C1. The van der Waals surface area contributed by atoms with Gasteiger partial charge in [0.25, 0.3) is 0 Å². The molecule has 2 radical (unpaired) electrons. The molecule has 0 aromatic carbocycles. The van der Waals surface area contributed by atoms with Gasteiger partial charge in [-0.15, -0.1) is 0 Å². The van der Waals surface area contributed by atoms with Gasteiger partial charge in [-0.2, -0.15) is 0 Å². The number of hydrogen-bond acceptors (Lipinski definition) is 2. The molecular formula is C17H32BNO. The van der Waals surface area contributed by atoms with Crippen LogP contribution < -0.4 is 0 Å². The molecular weight excluding hydrogens is 245 g/mol. The maximum absolute atomic E-state index is 6.42. The lowest BCUT2D eigenvalue weighted by atomic mass is 9.53. The van der Waals surface area contributed by atoms with Gasteiger partial charge in [0.15, 0.2) is 0 Å². The lowest BCUT2D eigenvalue weighted by molar-refractivity contribution is -0.173. The van der Waals surface area contributed by atoms with Crippen molar-refractivity contribution in [2.45, 2.75) is 64.2 Å². The van der Waals surface area contributed by atoms with Crippen LogP contribution in [0.5, 0.6) is 0 Å². The average Bonchev–Trinajstić information content (AvgIpc) is 2.42. The maximum Gasteiger partial charge on any atom is 0.0742 e. The summed E-state index contributed by atoms with van der Waals surface area (Å²) in [6, 6.07) is 0. The second-order valence-corrected chi connectivity index (χ2v) is 7.58. The molecule has 0 bridgehead atoms. The Balaban J connectivity index is 0.000000704. The third-order valence-corrected chi connectivity index (χ3v) is 5.77. The highest BCUT2D eigenvalue weighted by molar-refractivity contribution is 6.14. The largest absolute Gasteiger partial charge is 0.377 e. The zero-order valence-electron chi connectivity index (χ0n) is 14.1. The van der Waals surface area contributed by atoms with Crippen molar-refractivity contribution < 1.29 is 4.74 Å². The van der Waals surface area contributed by atoms with E-state index >= 15 is 0 Å². The minimum absolute atomic E-state index is 0.0651. The first-order valence-electron chi connectivity index (χ1n) is 8.51. The molecule has 1 spiro atoms. The molecule has 2 nitrogen and oxygen atoms in total. The molecule has 1 aliphatic carbocycles. The molecule has 0 amide bonds. The van der Waals surface area contributed by atoms with Gasteiger partial charge in [-0.1, -0.05) is 45.9 Å². The van der Waals surface area contributed by atoms with E-state index in [4.69, 9.17) is 12.6 Å². The second kappa shape index (κ2) is 6.00. The molecule has 0 N–H and O–H groups in total. The Morgan fingerprint density at radius 1 is 1.25 bits per heavy atom. The minimum Gasteiger partial charge on any atom is -0.377 e. The van der Waals surface area contributed by atoms with Crippen molar-refractivity contribution in [1.82, 2.24) is 4.90 Å². The van der Waals surface area contributed by atoms with Crippen LogP contribution in [0.15, 0.2) is 0 Å². The number of likely N-dealkylation sites (N-methyl/N-ethyl adjacent to an activating group) is 1. The van der Waals surface area contributed by atoms with Crippen LogP contribution in [-0.2, 0) is 4.74 Å². The van der Waals surface area contributed by atoms with E-state index in [-0.39, 0.29) is 5.31 Å². The molecule has 3 aliphatic rings. The molecule has 2 heterocycles. The minimum atomic E-state index is 0.0651. The van der Waals surface area contributed by atoms with Gasteiger partial charge in [-0.3, -0.25) is 4.90 Å². The van der Waals surface area contributed by atoms with Crippen LogP contribution in [-0.4, -0.2) is 45.1 Å². The van der Waals surface area contributed by atoms with Crippen molar-refractivity contribution >= 4 is 7.85 Å². The monoisotopic (exact) mass is 277 g/mol. The third kappa shape index (κ3) is 2.81. The fourth-order valence-electron chi connectivity index (χ4n) is 4.79. The summed E-state index contributed by atoms with van der Waals surface area (Å²) >= 11 is 0. The van der Waals surface area contributed by atoms with E-state index in [1.165, 1.54) is 32.2 Å². The van der Waals surface area contributed by atoms with Crippen molar-refractivity contribution in [2.75, 3.05) is 26.8 Å². The first-order valence-corrected chi connectivity index (χ1v) is 8.51. The summed E-state index contributed by atoms with van der Waals surface area (Å²) in [7, 11) is 8.72. The predicted molar refractivity (Wildman–Crippen MR) is 86.3 cm³/mol. The van der Waals surface area contributed by atoms with Crippen molar-refractivity contribution in [3.05, 3.63) is 0 Å². The predicted octanol–water partition coefficient (Wildman–Crippen LogP) is 3.52. The second-order valence-electron chi connectivity index (χ2n) is 7.58. The fourth-order valence-corrected chi connectivity index (χ4v) is 4.79. The molecule has 3 fully saturated rings. The Bertz CT molecular complexity index is 327. The van der Waals surface area contributed by atoms with E-state index in [0.717, 1.165) is 31.0 Å². The number of fused-ring (bicyclic) bond motifs is 2. The van der Waals surface area contributed by atoms with Crippen LogP contribution in [0.1, 0.15) is 53.4 Å². The summed E-state index contributed by atoms with van der Waals surface area (Å²) in [5.74, 6) is 2.40. The van der Waals surface area contributed by atoms with E-state index in [2.05, 4.69) is 25.8 Å². The van der Waals surface area contributed by atoms with E-state index in [9.17, 15) is 0 Å². The van der Waals surface area contributed by atoms with Gasteiger partial charge in [0.1, 0.15) is 0 Å². The number of likely N-dealkylation sites (tertiary alicyclic amines) is 1. The smallest absolute Gasteiger partial charge is 0.0742 e. The molecule has 1 saturated carbocycles. The van der Waals surface area contributed by atoms with E-state index in [1.807, 2.05) is 13.8 Å². The fraction of sp³-hybridized carbons (Fsp3) is 1.00. The summed E-state index contributed by atoms with van der Waals surface area (Å²) in [4.78, 5) is 2.60. The molecule has 20 heavy (non-hydrogen) atoms. The summed E-state index contributed by atoms with van der Waals surface area (Å²) in [6.07, 6.45) is 5.03. The van der Waals surface area contributed by atoms with Gasteiger partial charge in [0, 0.05) is 6.54 Å². The normalized spacial score (nSPS) is 43.8. The molecule has 0 aromatic rings. The van der Waals surface area contributed by atoms with Gasteiger partial charge in [-0.25, -0.2) is 0 Å². The Kier molecular flexibility index (Phi) is 4.91. The molecule has 3 rings (SSSR count). The standard InChI is InChI=1S/C15H26BNO.C2H6/c1-11-6-12-7-14(2,16)5-4-13(12)15(9-18-10-15)17(3)8-11;1-2/h11-13H,4-10H2,1-3H3;1-2H3. The van der Waals surface area contributed by atoms with Gasteiger partial charge >= 0.3 is 0 Å². The van der Waals surface area contributed by atoms with E-state index in [1.54, 1.807) is 0 Å². The summed E-state index contributed by atoms with van der Waals surface area (Å²) in [6.45, 7) is 11.7. The Hall–Kier alpha value is -0.0151. The van der Waals surface area contributed by atoms with Crippen LogP contribution in [0, 0.1) is 17.8 Å². The summed E-state index contributed by atoms with van der Waals surface area (Å²) in [5, 5.41) is 0.0651. The first-order chi connectivity index (χ1) is 9.43. The quantitative estimate of drug-likeness (QED) is 0.628. The highest BCUT2D eigenvalue weighted by Crippen LogP contribution is 2.54. The number of rotatable bonds is 0. The highest BCUT2D eigenvalue weighted by Gasteiger charge is 2.55. The highest BCUT2D eigenvalue weighted by atomic mass is 16.5. The Morgan fingerprint density at radius 2 is 1.90 bits per heavy atom. The van der Waals surface area contributed by atoms with Gasteiger partial charge < -0.3 is 4.74 Å². The first kappa shape index (κ1) is 16.4. The van der Waals surface area contributed by atoms with Gasteiger partial charge in [0.2, 0.25) is 0 Å². The van der Waals surface area contributed by atoms with Crippen LogP contribution >= 0.6 is 0 Å². The van der Waals surface area contributed by atoms with Crippen molar-refractivity contribution in [1.29, 1.82) is 0 Å². The molecule has 114 valence electrons. The lowest BCUT2D eigenvalue weighted by Crippen LogP contribution is -2.66. The number of hydrogen-bond donors (Lipinski definition) is 0. The van der Waals surface area contributed by atoms with E-state index in [0.29, 0.717) is 5.54 Å². The van der Waals surface area contributed by atoms with Crippen molar-refractivity contribution in [2.24, 2.45) is 17.8 Å². The van der Waals surface area contributed by atoms with Gasteiger partial charge in [-0.05, 0) is 37.6 Å². The van der Waals surface area contributed by atoms with Crippen LogP contribution in [0.25, 0.3) is 0 Å². The summed E-state index contributed by atoms with van der Waals surface area (Å²) in [5.41, 5.74) is 0.339. The van der Waals surface area contributed by atoms with Crippen molar-refractivity contribution in [3.63, 3.8) is 0 Å². The zero-order chi connectivity index (χ0) is 15.0. The summed E-state index contributed by atoms with van der Waals surface area (Å²) < 4.78 is 5.60. The van der Waals surface area contributed by atoms with Crippen LogP contribution in [0.2, 0.25) is 5.31 Å². The molecule has 4 atom stereocenters.